The van der Waals surface area contributed by atoms with E-state index in [1.165, 1.54) is 13.8 Å². The molecule has 0 saturated heterocycles. The van der Waals surface area contributed by atoms with Crippen LogP contribution in [0.5, 0.6) is 0 Å². The van der Waals surface area contributed by atoms with Gasteiger partial charge in [-0.1, -0.05) is 13.8 Å². The Morgan fingerprint density at radius 2 is 1.33 bits per heavy atom. The summed E-state index contributed by atoms with van der Waals surface area (Å²) >= 11 is 0. The third-order valence-electron chi connectivity index (χ3n) is 2.10. The summed E-state index contributed by atoms with van der Waals surface area (Å²) in [6, 6.07) is 0. The van der Waals surface area contributed by atoms with Crippen molar-refractivity contribution in [1.82, 2.24) is 0 Å². The maximum Gasteiger partial charge on any atom is 0.372 e. The van der Waals surface area contributed by atoms with Gasteiger partial charge in [0, 0.05) is 20.1 Å². The van der Waals surface area contributed by atoms with Gasteiger partial charge in [-0.2, -0.15) is 0 Å². The van der Waals surface area contributed by atoms with Gasteiger partial charge >= 0.3 is 15.2 Å². The molecule has 9 heteroatoms. The van der Waals surface area contributed by atoms with Gasteiger partial charge in [0.25, 0.3) is 5.08 Å². The minimum Gasteiger partial charge on any atom is -0.367 e. The van der Waals surface area contributed by atoms with Gasteiger partial charge in [-0.15, -0.1) is 0 Å². The molecule has 15 heavy (non-hydrogen) atoms. The molecule has 92 valence electrons. The van der Waals surface area contributed by atoms with Gasteiger partial charge in [0.05, 0.1) is 0 Å². The van der Waals surface area contributed by atoms with Crippen LogP contribution in [0.2, 0.25) is 0 Å². The molecule has 0 aromatic rings. The van der Waals surface area contributed by atoms with Crippen LogP contribution in [-0.4, -0.2) is 34.2 Å². The highest BCUT2D eigenvalue weighted by atomic mass is 31.2. The highest BCUT2D eigenvalue weighted by molar-refractivity contribution is 7.72. The lowest BCUT2D eigenvalue weighted by atomic mass is 10.2. The van der Waals surface area contributed by atoms with E-state index in [0.717, 1.165) is 14.2 Å². The molecule has 0 aromatic carbocycles. The molecule has 2 unspecified atom stereocenters. The normalized spacial score (nSPS) is 24.3. The molecule has 0 aliphatic heterocycles. The van der Waals surface area contributed by atoms with Crippen molar-refractivity contribution >= 4 is 15.2 Å². The van der Waals surface area contributed by atoms with Crippen molar-refractivity contribution in [3.05, 3.63) is 0 Å². The molecule has 0 radical (unpaired) electrons. The zero-order valence-corrected chi connectivity index (χ0v) is 10.7. The zero-order valence-electron chi connectivity index (χ0n) is 8.95. The van der Waals surface area contributed by atoms with Crippen molar-refractivity contribution in [2.24, 2.45) is 5.92 Å². The molecule has 0 aliphatic carbocycles. The van der Waals surface area contributed by atoms with E-state index in [0.29, 0.717) is 0 Å². The van der Waals surface area contributed by atoms with Crippen LogP contribution in [0.3, 0.4) is 0 Å². The SMILES string of the molecule is COP(=O)(O)C(O)(C(C)C)P(=O)(O)OC. The van der Waals surface area contributed by atoms with E-state index in [4.69, 9.17) is 0 Å². The van der Waals surface area contributed by atoms with E-state index < -0.39 is 26.2 Å². The molecule has 0 fully saturated rings. The maximum atomic E-state index is 11.5. The molecule has 0 rings (SSSR count). The molecule has 0 saturated carbocycles. The Morgan fingerprint density at radius 1 is 1.07 bits per heavy atom. The van der Waals surface area contributed by atoms with Crippen LogP contribution in [0, 0.1) is 5.92 Å². The van der Waals surface area contributed by atoms with Gasteiger partial charge in [-0.25, -0.2) is 0 Å². The minimum absolute atomic E-state index is 0.865. The van der Waals surface area contributed by atoms with Gasteiger partial charge in [0.2, 0.25) is 0 Å². The third-order valence-corrected chi connectivity index (χ3v) is 7.30. The molecular formula is C6H16O7P2. The molecular weight excluding hydrogens is 246 g/mol. The van der Waals surface area contributed by atoms with Gasteiger partial charge in [0.15, 0.2) is 0 Å². The minimum atomic E-state index is -4.67. The predicted molar refractivity (Wildman–Crippen MR) is 53.5 cm³/mol. The lowest BCUT2D eigenvalue weighted by Crippen LogP contribution is -2.35. The van der Waals surface area contributed by atoms with Gasteiger partial charge in [0.1, 0.15) is 0 Å². The molecule has 0 spiro atoms. The Hall–Kier alpha value is 0.260. The lowest BCUT2D eigenvalue weighted by Gasteiger charge is -2.35. The number of hydrogen-bond acceptors (Lipinski definition) is 5. The number of rotatable bonds is 5. The standard InChI is InChI=1S/C6H16O7P2/c1-5(2)6(7,14(8,9)12-3)15(10,11)13-4/h5,7H,1-4H3,(H,8,9)(H,10,11). The van der Waals surface area contributed by atoms with E-state index in [1.54, 1.807) is 0 Å². The molecule has 0 aliphatic rings. The fourth-order valence-electron chi connectivity index (χ4n) is 1.08. The van der Waals surface area contributed by atoms with Crippen LogP contribution < -0.4 is 0 Å². The Bertz CT molecular complexity index is 289. The Kier molecular flexibility index (Phi) is 4.71. The smallest absolute Gasteiger partial charge is 0.367 e. The summed E-state index contributed by atoms with van der Waals surface area (Å²) in [5.74, 6) is -0.996. The predicted octanol–water partition coefficient (Wildman–Crippen LogP) is 0.952. The summed E-state index contributed by atoms with van der Waals surface area (Å²) < 4.78 is 31.4. The van der Waals surface area contributed by atoms with Crippen LogP contribution in [0.4, 0.5) is 0 Å². The zero-order chi connectivity index (χ0) is 12.5. The van der Waals surface area contributed by atoms with E-state index in [9.17, 15) is 24.0 Å². The maximum absolute atomic E-state index is 11.5. The molecule has 0 aromatic heterocycles. The highest BCUT2D eigenvalue weighted by Crippen LogP contribution is 2.74. The van der Waals surface area contributed by atoms with Crippen molar-refractivity contribution in [3.8, 4) is 0 Å². The number of hydrogen-bond donors (Lipinski definition) is 3. The van der Waals surface area contributed by atoms with Crippen LogP contribution >= 0.6 is 15.2 Å². The second-order valence-corrected chi connectivity index (χ2v) is 7.78. The lowest BCUT2D eigenvalue weighted by molar-refractivity contribution is 0.0817. The first-order valence-electron chi connectivity index (χ1n) is 4.06. The Balaban J connectivity index is 5.68. The van der Waals surface area contributed by atoms with Crippen molar-refractivity contribution in [1.29, 1.82) is 0 Å². The Labute approximate surface area is 88.1 Å². The molecule has 0 amide bonds. The fourth-order valence-corrected chi connectivity index (χ4v) is 4.69. The first kappa shape index (κ1) is 15.3. The molecule has 0 bridgehead atoms. The molecule has 2 atom stereocenters. The number of aliphatic hydroxyl groups is 1. The fraction of sp³-hybridized carbons (Fsp3) is 1.00. The summed E-state index contributed by atoms with van der Waals surface area (Å²) in [4.78, 5) is 18.7. The molecule has 0 heterocycles. The van der Waals surface area contributed by atoms with Gasteiger partial charge in [-0.3, -0.25) is 9.13 Å². The van der Waals surface area contributed by atoms with Crippen LogP contribution in [0.15, 0.2) is 0 Å². The second-order valence-electron chi connectivity index (χ2n) is 3.25. The van der Waals surface area contributed by atoms with Crippen LogP contribution in [-0.2, 0) is 18.2 Å². The van der Waals surface area contributed by atoms with Crippen molar-refractivity contribution < 1.29 is 33.1 Å². The quantitative estimate of drug-likeness (QED) is 0.632. The summed E-state index contributed by atoms with van der Waals surface area (Å²) in [5.41, 5.74) is 0. The summed E-state index contributed by atoms with van der Waals surface area (Å²) in [6.07, 6.45) is 0. The van der Waals surface area contributed by atoms with E-state index >= 15 is 0 Å². The van der Waals surface area contributed by atoms with Crippen molar-refractivity contribution in [3.63, 3.8) is 0 Å². The molecule has 3 N–H and O–H groups in total. The summed E-state index contributed by atoms with van der Waals surface area (Å²) in [5, 5.41) is 7.04. The average molecular weight is 262 g/mol. The second kappa shape index (κ2) is 4.63. The summed E-state index contributed by atoms with van der Waals surface area (Å²) in [6.45, 7) is 2.62. The van der Waals surface area contributed by atoms with Crippen LogP contribution in [0.25, 0.3) is 0 Å². The van der Waals surface area contributed by atoms with Crippen molar-refractivity contribution in [2.45, 2.75) is 18.9 Å². The first-order chi connectivity index (χ1) is 6.56. The van der Waals surface area contributed by atoms with Crippen molar-refractivity contribution in [2.75, 3.05) is 14.2 Å². The van der Waals surface area contributed by atoms with Gasteiger partial charge in [-0.05, 0) is 0 Å². The van der Waals surface area contributed by atoms with E-state index in [2.05, 4.69) is 9.05 Å². The van der Waals surface area contributed by atoms with Gasteiger partial charge < -0.3 is 23.9 Å². The van der Waals surface area contributed by atoms with E-state index in [-0.39, 0.29) is 0 Å². The summed E-state index contributed by atoms with van der Waals surface area (Å²) in [7, 11) is -7.61. The van der Waals surface area contributed by atoms with Crippen LogP contribution in [0.1, 0.15) is 13.8 Å². The van der Waals surface area contributed by atoms with E-state index in [1.807, 2.05) is 0 Å². The topological polar surface area (TPSA) is 113 Å². The monoisotopic (exact) mass is 262 g/mol. The Morgan fingerprint density at radius 3 is 1.47 bits per heavy atom. The first-order valence-corrected chi connectivity index (χ1v) is 7.22. The third kappa shape index (κ3) is 2.34. The molecule has 7 nitrogen and oxygen atoms in total. The average Bonchev–Trinajstić information content (AvgIpc) is 2.15. The highest BCUT2D eigenvalue weighted by Gasteiger charge is 2.63. The largest absolute Gasteiger partial charge is 0.372 e.